The number of nitrogens with two attached hydrogens (primary N) is 1. The van der Waals surface area contributed by atoms with Crippen molar-refractivity contribution >= 4 is 23.9 Å². The Morgan fingerprint density at radius 1 is 1.03 bits per heavy atom. The van der Waals surface area contributed by atoms with Crippen molar-refractivity contribution in [3.05, 3.63) is 23.8 Å². The van der Waals surface area contributed by atoms with Gasteiger partial charge in [-0.3, -0.25) is 19.2 Å². The van der Waals surface area contributed by atoms with Crippen LogP contribution in [0.1, 0.15) is 53.5 Å². The standard InChI is InChI=1S/C22H31NO8/c1-7-22(5,6)21(27)28-12-13(2)29-20(26)17(23)10-16-8-9-18(30-14(3)24)19(11-16)31-15(4)25/h8-9,11,13,17H,7,10,12,23H2,1-6H3/t13-,17-/m0/s1. The van der Waals surface area contributed by atoms with E-state index in [-0.39, 0.29) is 30.5 Å². The van der Waals surface area contributed by atoms with Gasteiger partial charge in [0, 0.05) is 13.8 Å². The maximum Gasteiger partial charge on any atom is 0.323 e. The van der Waals surface area contributed by atoms with Gasteiger partial charge in [0.05, 0.1) is 5.41 Å². The molecule has 0 saturated heterocycles. The summed E-state index contributed by atoms with van der Waals surface area (Å²) in [5.41, 5.74) is 5.90. The summed E-state index contributed by atoms with van der Waals surface area (Å²) in [5.74, 6) is -2.08. The highest BCUT2D eigenvalue weighted by Gasteiger charge is 2.28. The molecule has 0 bridgehead atoms. The molecule has 9 heteroatoms. The van der Waals surface area contributed by atoms with Crippen LogP contribution in [-0.4, -0.2) is 42.6 Å². The van der Waals surface area contributed by atoms with Gasteiger partial charge in [-0.25, -0.2) is 0 Å². The number of esters is 4. The molecule has 0 spiro atoms. The average molecular weight is 437 g/mol. The Bertz CT molecular complexity index is 818. The summed E-state index contributed by atoms with van der Waals surface area (Å²) in [4.78, 5) is 46.8. The maximum absolute atomic E-state index is 12.3. The number of benzene rings is 1. The first kappa shape index (κ1) is 26.1. The molecule has 0 amide bonds. The lowest BCUT2D eigenvalue weighted by Crippen LogP contribution is -2.38. The minimum Gasteiger partial charge on any atom is -0.461 e. The highest BCUT2D eigenvalue weighted by molar-refractivity contribution is 5.77. The summed E-state index contributed by atoms with van der Waals surface area (Å²) < 4.78 is 20.5. The number of hydrogen-bond donors (Lipinski definition) is 1. The van der Waals surface area contributed by atoms with E-state index >= 15 is 0 Å². The zero-order valence-corrected chi connectivity index (χ0v) is 18.9. The van der Waals surface area contributed by atoms with Crippen molar-refractivity contribution in [1.29, 1.82) is 0 Å². The minimum atomic E-state index is -1.00. The summed E-state index contributed by atoms with van der Waals surface area (Å²) >= 11 is 0. The van der Waals surface area contributed by atoms with E-state index in [1.54, 1.807) is 26.8 Å². The van der Waals surface area contributed by atoms with Crippen LogP contribution in [0.5, 0.6) is 11.5 Å². The number of hydrogen-bond acceptors (Lipinski definition) is 9. The van der Waals surface area contributed by atoms with Crippen molar-refractivity contribution in [3.8, 4) is 11.5 Å². The van der Waals surface area contributed by atoms with Gasteiger partial charge in [0.1, 0.15) is 18.8 Å². The van der Waals surface area contributed by atoms with Crippen molar-refractivity contribution in [3.63, 3.8) is 0 Å². The van der Waals surface area contributed by atoms with E-state index in [4.69, 9.17) is 24.7 Å². The number of carbonyl (C=O) groups excluding carboxylic acids is 4. The first-order chi connectivity index (χ1) is 14.4. The molecule has 0 heterocycles. The summed E-state index contributed by atoms with van der Waals surface area (Å²) in [7, 11) is 0. The molecule has 0 aromatic heterocycles. The van der Waals surface area contributed by atoms with Crippen LogP contribution < -0.4 is 15.2 Å². The lowest BCUT2D eigenvalue weighted by atomic mass is 9.91. The third-order valence-corrected chi connectivity index (χ3v) is 4.48. The first-order valence-corrected chi connectivity index (χ1v) is 9.98. The van der Waals surface area contributed by atoms with E-state index < -0.39 is 35.5 Å². The maximum atomic E-state index is 12.3. The van der Waals surface area contributed by atoms with Gasteiger partial charge in [-0.1, -0.05) is 13.0 Å². The fourth-order valence-electron chi connectivity index (χ4n) is 2.34. The molecule has 1 aromatic carbocycles. The quantitative estimate of drug-likeness (QED) is 0.432. The van der Waals surface area contributed by atoms with Crippen LogP contribution in [0.4, 0.5) is 0 Å². The predicted octanol–water partition coefficient (Wildman–Crippen LogP) is 2.32. The Morgan fingerprint density at radius 3 is 2.16 bits per heavy atom. The van der Waals surface area contributed by atoms with Gasteiger partial charge in [-0.05, 0) is 51.3 Å². The van der Waals surface area contributed by atoms with Crippen LogP contribution in [0.15, 0.2) is 18.2 Å². The van der Waals surface area contributed by atoms with Gasteiger partial charge in [0.2, 0.25) is 0 Å². The van der Waals surface area contributed by atoms with Crippen LogP contribution in [0.2, 0.25) is 0 Å². The zero-order chi connectivity index (χ0) is 23.8. The third kappa shape index (κ3) is 8.75. The molecular weight excluding hydrogens is 406 g/mol. The SMILES string of the molecule is CCC(C)(C)C(=O)OC[C@H](C)OC(=O)[C@@H](N)Cc1ccc(OC(C)=O)c(OC(C)=O)c1. The Balaban J connectivity index is 2.72. The summed E-state index contributed by atoms with van der Waals surface area (Å²) in [6, 6.07) is 3.50. The van der Waals surface area contributed by atoms with Crippen molar-refractivity contribution in [2.24, 2.45) is 11.1 Å². The van der Waals surface area contributed by atoms with Crippen molar-refractivity contribution in [2.45, 2.75) is 66.5 Å². The normalized spacial score (nSPS) is 13.0. The van der Waals surface area contributed by atoms with Gasteiger partial charge in [-0.15, -0.1) is 0 Å². The topological polar surface area (TPSA) is 131 Å². The molecular formula is C22H31NO8. The number of ether oxygens (including phenoxy) is 4. The molecule has 172 valence electrons. The van der Waals surface area contributed by atoms with Gasteiger partial charge in [0.15, 0.2) is 11.5 Å². The lowest BCUT2D eigenvalue weighted by molar-refractivity contribution is -0.164. The van der Waals surface area contributed by atoms with Gasteiger partial charge in [0.25, 0.3) is 0 Å². The predicted molar refractivity (Wildman–Crippen MR) is 111 cm³/mol. The highest BCUT2D eigenvalue weighted by atomic mass is 16.6. The van der Waals surface area contributed by atoms with Crippen LogP contribution in [0.25, 0.3) is 0 Å². The fraction of sp³-hybridized carbons (Fsp3) is 0.545. The van der Waals surface area contributed by atoms with E-state index in [1.165, 1.54) is 26.0 Å². The summed E-state index contributed by atoms with van der Waals surface area (Å²) in [6.45, 7) is 9.40. The van der Waals surface area contributed by atoms with Gasteiger partial charge < -0.3 is 24.7 Å². The third-order valence-electron chi connectivity index (χ3n) is 4.48. The average Bonchev–Trinajstić information content (AvgIpc) is 2.67. The number of rotatable bonds is 10. The van der Waals surface area contributed by atoms with Crippen LogP contribution in [0, 0.1) is 5.41 Å². The van der Waals surface area contributed by atoms with E-state index in [9.17, 15) is 19.2 Å². The van der Waals surface area contributed by atoms with Crippen LogP contribution in [-0.2, 0) is 35.1 Å². The Labute approximate surface area is 182 Å². The van der Waals surface area contributed by atoms with Gasteiger partial charge in [-0.2, -0.15) is 0 Å². The van der Waals surface area contributed by atoms with E-state index in [0.29, 0.717) is 12.0 Å². The van der Waals surface area contributed by atoms with E-state index in [1.807, 2.05) is 6.92 Å². The zero-order valence-electron chi connectivity index (χ0n) is 18.9. The first-order valence-electron chi connectivity index (χ1n) is 9.98. The van der Waals surface area contributed by atoms with Crippen LogP contribution in [0.3, 0.4) is 0 Å². The van der Waals surface area contributed by atoms with E-state index in [0.717, 1.165) is 0 Å². The van der Waals surface area contributed by atoms with Crippen molar-refractivity contribution < 1.29 is 38.1 Å². The Morgan fingerprint density at radius 2 is 1.61 bits per heavy atom. The minimum absolute atomic E-state index is 0.0413. The van der Waals surface area contributed by atoms with E-state index in [2.05, 4.69) is 0 Å². The van der Waals surface area contributed by atoms with Crippen molar-refractivity contribution in [1.82, 2.24) is 0 Å². The molecule has 0 aliphatic heterocycles. The Hall–Kier alpha value is -2.94. The monoisotopic (exact) mass is 437 g/mol. The fourth-order valence-corrected chi connectivity index (χ4v) is 2.34. The highest BCUT2D eigenvalue weighted by Crippen LogP contribution is 2.29. The lowest BCUT2D eigenvalue weighted by Gasteiger charge is -2.22. The smallest absolute Gasteiger partial charge is 0.323 e. The molecule has 0 aliphatic rings. The molecule has 1 aromatic rings. The molecule has 0 saturated carbocycles. The summed E-state index contributed by atoms with van der Waals surface area (Å²) in [6.07, 6.45) is 0.0392. The van der Waals surface area contributed by atoms with Crippen molar-refractivity contribution in [2.75, 3.05) is 6.61 Å². The summed E-state index contributed by atoms with van der Waals surface area (Å²) in [5, 5.41) is 0. The Kier molecular flexibility index (Phi) is 9.64. The molecule has 2 N–H and O–H groups in total. The molecule has 0 unspecified atom stereocenters. The van der Waals surface area contributed by atoms with Crippen LogP contribution >= 0.6 is 0 Å². The second kappa shape index (κ2) is 11.5. The number of carbonyl (C=O) groups is 4. The van der Waals surface area contributed by atoms with Gasteiger partial charge >= 0.3 is 23.9 Å². The molecule has 2 atom stereocenters. The molecule has 31 heavy (non-hydrogen) atoms. The molecule has 0 fully saturated rings. The molecule has 1 rings (SSSR count). The molecule has 9 nitrogen and oxygen atoms in total. The second-order valence-electron chi connectivity index (χ2n) is 7.86. The molecule has 0 aliphatic carbocycles. The second-order valence-corrected chi connectivity index (χ2v) is 7.86. The molecule has 0 radical (unpaired) electrons. The largest absolute Gasteiger partial charge is 0.461 e.